The van der Waals surface area contributed by atoms with Gasteiger partial charge in [0.25, 0.3) is 0 Å². The van der Waals surface area contributed by atoms with E-state index in [-0.39, 0.29) is 5.92 Å². The molecule has 98 valence electrons. The zero-order valence-corrected chi connectivity index (χ0v) is 9.61. The van der Waals surface area contributed by atoms with E-state index in [1.165, 1.54) is 6.07 Å². The van der Waals surface area contributed by atoms with Gasteiger partial charge in [-0.05, 0) is 30.5 Å². The van der Waals surface area contributed by atoms with Crippen LogP contribution >= 0.6 is 0 Å². The molecular formula is C13H13F3O2. The molecule has 5 heteroatoms. The molecule has 2 atom stereocenters. The highest BCUT2D eigenvalue weighted by molar-refractivity contribution is 5.53. The lowest BCUT2D eigenvalue weighted by atomic mass is 9.92. The average Bonchev–Trinajstić information content (AvgIpc) is 2.38. The van der Waals surface area contributed by atoms with E-state index in [1.54, 1.807) is 6.07 Å². The molecule has 2 nitrogen and oxygen atoms in total. The maximum absolute atomic E-state index is 12.6. The summed E-state index contributed by atoms with van der Waals surface area (Å²) in [4.78, 5) is 10.7. The number of hydrogen-bond acceptors (Lipinski definition) is 2. The van der Waals surface area contributed by atoms with Crippen LogP contribution in [-0.2, 0) is 15.7 Å². The molecule has 0 amide bonds. The summed E-state index contributed by atoms with van der Waals surface area (Å²) in [7, 11) is 0. The number of rotatable bonds is 2. The minimum absolute atomic E-state index is 0.127. The normalized spacial score (nSPS) is 24.8. The molecule has 0 spiro atoms. The molecule has 0 bridgehead atoms. The molecule has 18 heavy (non-hydrogen) atoms. The number of benzene rings is 1. The van der Waals surface area contributed by atoms with Gasteiger partial charge in [-0.3, -0.25) is 0 Å². The first kappa shape index (κ1) is 13.1. The van der Waals surface area contributed by atoms with Crippen molar-refractivity contribution < 1.29 is 22.7 Å². The number of halogens is 3. The van der Waals surface area contributed by atoms with Gasteiger partial charge >= 0.3 is 6.18 Å². The number of alkyl halides is 3. The molecule has 1 aromatic rings. The molecule has 0 saturated carbocycles. The largest absolute Gasteiger partial charge is 0.416 e. The molecule has 0 aromatic heterocycles. The Morgan fingerprint density at radius 3 is 2.78 bits per heavy atom. The lowest BCUT2D eigenvalue weighted by molar-refractivity contribution is -0.137. The van der Waals surface area contributed by atoms with Crippen LogP contribution in [0.5, 0.6) is 0 Å². The predicted molar refractivity (Wildman–Crippen MR) is 58.9 cm³/mol. The number of aldehydes is 1. The van der Waals surface area contributed by atoms with Gasteiger partial charge in [0, 0.05) is 12.5 Å². The first-order valence-corrected chi connectivity index (χ1v) is 5.75. The van der Waals surface area contributed by atoms with Crippen LogP contribution in [0.4, 0.5) is 13.2 Å². The average molecular weight is 258 g/mol. The van der Waals surface area contributed by atoms with Gasteiger partial charge in [0.2, 0.25) is 0 Å². The van der Waals surface area contributed by atoms with Gasteiger partial charge < -0.3 is 9.53 Å². The van der Waals surface area contributed by atoms with Crippen molar-refractivity contribution in [1.82, 2.24) is 0 Å². The zero-order chi connectivity index (χ0) is 13.2. The van der Waals surface area contributed by atoms with E-state index in [0.29, 0.717) is 25.0 Å². The molecule has 0 N–H and O–H groups in total. The summed E-state index contributed by atoms with van der Waals surface area (Å²) in [5.74, 6) is -0.127. The van der Waals surface area contributed by atoms with Gasteiger partial charge in [-0.25, -0.2) is 0 Å². The van der Waals surface area contributed by atoms with E-state index in [2.05, 4.69) is 0 Å². The third-order valence-corrected chi connectivity index (χ3v) is 3.10. The lowest BCUT2D eigenvalue weighted by Gasteiger charge is -2.27. The van der Waals surface area contributed by atoms with Gasteiger partial charge in [0.1, 0.15) is 6.29 Å². The SMILES string of the molecule is O=CC1CCOC(c2cccc(C(F)(F)F)c2)C1. The Bertz CT molecular complexity index is 428. The summed E-state index contributed by atoms with van der Waals surface area (Å²) in [5, 5.41) is 0. The van der Waals surface area contributed by atoms with Gasteiger partial charge in [-0.15, -0.1) is 0 Å². The van der Waals surface area contributed by atoms with E-state index in [1.807, 2.05) is 0 Å². The highest BCUT2D eigenvalue weighted by Gasteiger charge is 2.32. The maximum Gasteiger partial charge on any atom is 0.416 e. The summed E-state index contributed by atoms with van der Waals surface area (Å²) in [6, 6.07) is 5.10. The van der Waals surface area contributed by atoms with Crippen molar-refractivity contribution in [3.8, 4) is 0 Å². The summed E-state index contributed by atoms with van der Waals surface area (Å²) in [6.45, 7) is 0.407. The number of hydrogen-bond donors (Lipinski definition) is 0. The first-order valence-electron chi connectivity index (χ1n) is 5.75. The highest BCUT2D eigenvalue weighted by atomic mass is 19.4. The first-order chi connectivity index (χ1) is 8.50. The third-order valence-electron chi connectivity index (χ3n) is 3.10. The molecule has 1 heterocycles. The van der Waals surface area contributed by atoms with E-state index >= 15 is 0 Å². The topological polar surface area (TPSA) is 26.3 Å². The molecule has 1 aliphatic heterocycles. The Hall–Kier alpha value is -1.36. The molecule has 1 aliphatic rings. The zero-order valence-electron chi connectivity index (χ0n) is 9.61. The Kier molecular flexibility index (Phi) is 3.71. The van der Waals surface area contributed by atoms with Gasteiger partial charge in [-0.1, -0.05) is 12.1 Å². The van der Waals surface area contributed by atoms with E-state index < -0.39 is 17.8 Å². The Balaban J connectivity index is 2.20. The van der Waals surface area contributed by atoms with Crippen molar-refractivity contribution in [3.63, 3.8) is 0 Å². The number of carbonyl (C=O) groups excluding carboxylic acids is 1. The molecule has 0 radical (unpaired) electrons. The summed E-state index contributed by atoms with van der Waals surface area (Å²) >= 11 is 0. The van der Waals surface area contributed by atoms with Crippen LogP contribution in [0.25, 0.3) is 0 Å². The summed E-state index contributed by atoms with van der Waals surface area (Å²) < 4.78 is 43.2. The monoisotopic (exact) mass is 258 g/mol. The molecule has 2 unspecified atom stereocenters. The minimum atomic E-state index is -4.35. The predicted octanol–water partition coefficient (Wildman–Crippen LogP) is 3.37. The van der Waals surface area contributed by atoms with Crippen molar-refractivity contribution in [2.75, 3.05) is 6.61 Å². The minimum Gasteiger partial charge on any atom is -0.373 e. The molecule has 2 rings (SSSR count). The number of carbonyl (C=O) groups is 1. The Morgan fingerprint density at radius 2 is 2.11 bits per heavy atom. The quantitative estimate of drug-likeness (QED) is 0.760. The van der Waals surface area contributed by atoms with Gasteiger partial charge in [0.05, 0.1) is 11.7 Å². The van der Waals surface area contributed by atoms with Crippen molar-refractivity contribution >= 4 is 6.29 Å². The van der Waals surface area contributed by atoms with Crippen LogP contribution in [0, 0.1) is 5.92 Å². The van der Waals surface area contributed by atoms with E-state index in [9.17, 15) is 18.0 Å². The summed E-state index contributed by atoms with van der Waals surface area (Å²) in [5.41, 5.74) is -0.201. The fourth-order valence-corrected chi connectivity index (χ4v) is 2.09. The Morgan fingerprint density at radius 1 is 1.33 bits per heavy atom. The standard InChI is InChI=1S/C13H13F3O2/c14-13(15,16)11-3-1-2-10(7-11)12-6-9(8-17)4-5-18-12/h1-3,7-9,12H,4-6H2. The summed E-state index contributed by atoms with van der Waals surface area (Å²) in [6.07, 6.45) is -2.84. The maximum atomic E-state index is 12.6. The highest BCUT2D eigenvalue weighted by Crippen LogP contribution is 2.35. The molecule has 1 saturated heterocycles. The molecule has 1 aromatic carbocycles. The second kappa shape index (κ2) is 5.10. The van der Waals surface area contributed by atoms with Crippen LogP contribution in [-0.4, -0.2) is 12.9 Å². The molecule has 0 aliphatic carbocycles. The second-order valence-electron chi connectivity index (χ2n) is 4.40. The van der Waals surface area contributed by atoms with Gasteiger partial charge in [0.15, 0.2) is 0 Å². The molecular weight excluding hydrogens is 245 g/mol. The van der Waals surface area contributed by atoms with E-state index in [0.717, 1.165) is 18.4 Å². The van der Waals surface area contributed by atoms with Crippen LogP contribution < -0.4 is 0 Å². The third kappa shape index (κ3) is 2.90. The van der Waals surface area contributed by atoms with Crippen LogP contribution in [0.3, 0.4) is 0 Å². The van der Waals surface area contributed by atoms with Crippen LogP contribution in [0.1, 0.15) is 30.1 Å². The lowest BCUT2D eigenvalue weighted by Crippen LogP contribution is -2.21. The fraction of sp³-hybridized carbons (Fsp3) is 0.462. The van der Waals surface area contributed by atoms with Crippen molar-refractivity contribution in [1.29, 1.82) is 0 Å². The van der Waals surface area contributed by atoms with Crippen LogP contribution in [0.2, 0.25) is 0 Å². The Labute approximate surface area is 103 Å². The smallest absolute Gasteiger partial charge is 0.373 e. The second-order valence-corrected chi connectivity index (χ2v) is 4.40. The molecule has 1 fully saturated rings. The van der Waals surface area contributed by atoms with Crippen LogP contribution in [0.15, 0.2) is 24.3 Å². The van der Waals surface area contributed by atoms with Gasteiger partial charge in [-0.2, -0.15) is 13.2 Å². The van der Waals surface area contributed by atoms with Crippen molar-refractivity contribution in [2.45, 2.75) is 25.1 Å². The van der Waals surface area contributed by atoms with E-state index in [4.69, 9.17) is 4.74 Å². The number of ether oxygens (including phenoxy) is 1. The van der Waals surface area contributed by atoms with Crippen molar-refractivity contribution in [3.05, 3.63) is 35.4 Å². The fourth-order valence-electron chi connectivity index (χ4n) is 2.09. The van der Waals surface area contributed by atoms with Crippen molar-refractivity contribution in [2.24, 2.45) is 5.92 Å².